The Kier molecular flexibility index (Phi) is 5.89. The Morgan fingerprint density at radius 3 is 1.52 bits per heavy atom. The van der Waals surface area contributed by atoms with Crippen molar-refractivity contribution in [3.8, 4) is 11.8 Å². The molecular weight excluding hydrogens is 340 g/mol. The molecule has 0 unspecified atom stereocenters. The minimum Gasteiger partial charge on any atom is -0.336 e. The average molecular weight is 360 g/mol. The minimum absolute atomic E-state index is 0.292. The summed E-state index contributed by atoms with van der Waals surface area (Å²) in [5, 5.41) is 8.25. The first kappa shape index (κ1) is 18.3. The first-order valence-corrected chi connectivity index (χ1v) is 8.51. The van der Waals surface area contributed by atoms with Crippen molar-refractivity contribution in [2.75, 3.05) is 0 Å². The van der Waals surface area contributed by atoms with Gasteiger partial charge in [0.05, 0.1) is 17.5 Å². The van der Waals surface area contributed by atoms with Gasteiger partial charge in [0.2, 0.25) is 0 Å². The Balaban J connectivity index is 1.73. The quantitative estimate of drug-likeness (QED) is 0.483. The fourth-order valence-corrected chi connectivity index (χ4v) is 2.30. The second kappa shape index (κ2) is 8.71. The molecule has 0 atom stereocenters. The van der Waals surface area contributed by atoms with Crippen molar-refractivity contribution >= 4 is 11.4 Å². The SMILES string of the molecule is C/C(=N/Oc1cc(O/N=C(/C)c2ccccc2)nc(C)n1)c1ccccc1. The zero-order valence-corrected chi connectivity index (χ0v) is 15.5. The molecule has 0 spiro atoms. The topological polar surface area (TPSA) is 69.0 Å². The predicted octanol–water partition coefficient (Wildman–Crippen LogP) is 4.39. The molecule has 3 aromatic rings. The monoisotopic (exact) mass is 360 g/mol. The van der Waals surface area contributed by atoms with Crippen molar-refractivity contribution < 1.29 is 9.68 Å². The molecule has 0 bridgehead atoms. The van der Waals surface area contributed by atoms with Crippen molar-refractivity contribution in [2.24, 2.45) is 10.3 Å². The van der Waals surface area contributed by atoms with Gasteiger partial charge in [-0.25, -0.2) is 0 Å². The fourth-order valence-electron chi connectivity index (χ4n) is 2.30. The molecule has 2 aromatic carbocycles. The summed E-state index contributed by atoms with van der Waals surface area (Å²) in [5.41, 5.74) is 3.44. The molecule has 0 radical (unpaired) electrons. The van der Waals surface area contributed by atoms with E-state index in [1.54, 1.807) is 13.0 Å². The van der Waals surface area contributed by atoms with Crippen LogP contribution in [0.5, 0.6) is 11.8 Å². The number of hydrogen-bond acceptors (Lipinski definition) is 6. The molecular formula is C21H20N4O2. The van der Waals surface area contributed by atoms with Gasteiger partial charge >= 0.3 is 0 Å². The number of oxime groups is 2. The first-order chi connectivity index (χ1) is 13.1. The lowest BCUT2D eigenvalue weighted by Crippen LogP contribution is -2.02. The van der Waals surface area contributed by atoms with E-state index in [0.29, 0.717) is 17.6 Å². The maximum atomic E-state index is 5.44. The van der Waals surface area contributed by atoms with Crippen LogP contribution >= 0.6 is 0 Å². The lowest BCUT2D eigenvalue weighted by molar-refractivity contribution is 0.303. The Bertz CT molecular complexity index is 879. The third-order valence-electron chi connectivity index (χ3n) is 3.73. The third-order valence-corrected chi connectivity index (χ3v) is 3.73. The molecule has 27 heavy (non-hydrogen) atoms. The standard InChI is InChI=1S/C21H20N4O2/c1-15(18-10-6-4-7-11-18)24-26-20-14-21(23-17(3)22-20)27-25-16(2)19-12-8-5-9-13-19/h4-14H,1-3H3/b24-15-,25-16-. The van der Waals surface area contributed by atoms with Crippen molar-refractivity contribution in [3.05, 3.63) is 83.7 Å². The van der Waals surface area contributed by atoms with Crippen LogP contribution < -0.4 is 9.68 Å². The summed E-state index contributed by atoms with van der Waals surface area (Å²) in [6, 6.07) is 21.1. The van der Waals surface area contributed by atoms with Crippen LogP contribution in [0.1, 0.15) is 30.8 Å². The van der Waals surface area contributed by atoms with E-state index in [-0.39, 0.29) is 0 Å². The first-order valence-electron chi connectivity index (χ1n) is 8.51. The summed E-state index contributed by atoms with van der Waals surface area (Å²) < 4.78 is 0. The van der Waals surface area contributed by atoms with Gasteiger partial charge in [-0.15, -0.1) is 0 Å². The molecule has 6 heteroatoms. The van der Waals surface area contributed by atoms with Gasteiger partial charge in [-0.2, -0.15) is 9.97 Å². The zero-order chi connectivity index (χ0) is 19.1. The Labute approximate surface area is 158 Å². The van der Waals surface area contributed by atoms with Crippen LogP contribution in [0.4, 0.5) is 0 Å². The molecule has 0 aliphatic carbocycles. The molecule has 136 valence electrons. The number of aryl methyl sites for hydroxylation is 1. The summed E-state index contributed by atoms with van der Waals surface area (Å²) in [6.45, 7) is 5.49. The Morgan fingerprint density at radius 2 is 1.11 bits per heavy atom. The Morgan fingerprint density at radius 1 is 0.704 bits per heavy atom. The van der Waals surface area contributed by atoms with Crippen molar-refractivity contribution in [3.63, 3.8) is 0 Å². The number of aromatic nitrogens is 2. The molecule has 0 fully saturated rings. The molecule has 6 nitrogen and oxygen atoms in total. The van der Waals surface area contributed by atoms with Gasteiger partial charge in [-0.3, -0.25) is 0 Å². The van der Waals surface area contributed by atoms with Crippen LogP contribution in [0.15, 0.2) is 77.0 Å². The molecule has 0 amide bonds. The van der Waals surface area contributed by atoms with Gasteiger partial charge in [-0.05, 0) is 31.9 Å². The molecule has 0 saturated heterocycles. The molecule has 0 aliphatic rings. The maximum absolute atomic E-state index is 5.44. The summed E-state index contributed by atoms with van der Waals surface area (Å²) >= 11 is 0. The average Bonchev–Trinajstić information content (AvgIpc) is 2.71. The lowest BCUT2D eigenvalue weighted by atomic mass is 10.1. The van der Waals surface area contributed by atoms with Gasteiger partial charge < -0.3 is 9.68 Å². The van der Waals surface area contributed by atoms with Crippen LogP contribution in [0, 0.1) is 6.92 Å². The van der Waals surface area contributed by atoms with Crippen molar-refractivity contribution in [1.29, 1.82) is 0 Å². The van der Waals surface area contributed by atoms with Gasteiger partial charge in [0.15, 0.2) is 0 Å². The Hall–Kier alpha value is -3.54. The highest BCUT2D eigenvalue weighted by atomic mass is 16.6. The van der Waals surface area contributed by atoms with Crippen LogP contribution in [0.2, 0.25) is 0 Å². The van der Waals surface area contributed by atoms with E-state index in [2.05, 4.69) is 20.3 Å². The van der Waals surface area contributed by atoms with E-state index < -0.39 is 0 Å². The zero-order valence-electron chi connectivity index (χ0n) is 15.5. The molecule has 0 N–H and O–H groups in total. The van der Waals surface area contributed by atoms with Gasteiger partial charge in [0, 0.05) is 0 Å². The van der Waals surface area contributed by atoms with Gasteiger partial charge in [0.25, 0.3) is 11.8 Å². The van der Waals surface area contributed by atoms with E-state index in [4.69, 9.17) is 9.68 Å². The number of hydrogen-bond donors (Lipinski definition) is 0. The predicted molar refractivity (Wildman–Crippen MR) is 105 cm³/mol. The highest BCUT2D eigenvalue weighted by molar-refractivity contribution is 5.98. The molecule has 1 aromatic heterocycles. The second-order valence-electron chi connectivity index (χ2n) is 5.86. The molecule has 3 rings (SSSR count). The van der Waals surface area contributed by atoms with Gasteiger partial charge in [0.1, 0.15) is 5.82 Å². The highest BCUT2D eigenvalue weighted by Crippen LogP contribution is 2.17. The largest absolute Gasteiger partial charge is 0.336 e. The van der Waals surface area contributed by atoms with E-state index in [1.165, 1.54) is 0 Å². The van der Waals surface area contributed by atoms with Crippen LogP contribution in [-0.2, 0) is 0 Å². The summed E-state index contributed by atoms with van der Waals surface area (Å²) in [4.78, 5) is 19.3. The number of nitrogens with zero attached hydrogens (tertiary/aromatic N) is 4. The maximum Gasteiger partial charge on any atom is 0.255 e. The highest BCUT2D eigenvalue weighted by Gasteiger charge is 2.06. The lowest BCUT2D eigenvalue weighted by Gasteiger charge is -2.05. The molecule has 1 heterocycles. The number of benzene rings is 2. The molecule has 0 saturated carbocycles. The van der Waals surface area contributed by atoms with Crippen molar-refractivity contribution in [1.82, 2.24) is 9.97 Å². The normalized spacial score (nSPS) is 12.0. The van der Waals surface area contributed by atoms with E-state index >= 15 is 0 Å². The van der Waals surface area contributed by atoms with Crippen molar-refractivity contribution in [2.45, 2.75) is 20.8 Å². The third kappa shape index (κ3) is 5.22. The summed E-state index contributed by atoms with van der Waals surface area (Å²) in [7, 11) is 0. The van der Waals surface area contributed by atoms with Crippen LogP contribution in [-0.4, -0.2) is 21.4 Å². The van der Waals surface area contributed by atoms with Gasteiger partial charge in [-0.1, -0.05) is 71.0 Å². The number of rotatable bonds is 6. The molecule has 0 aliphatic heterocycles. The van der Waals surface area contributed by atoms with E-state index in [1.807, 2.05) is 74.5 Å². The fraction of sp³-hybridized carbons (Fsp3) is 0.143. The summed E-state index contributed by atoms with van der Waals surface area (Å²) in [6.07, 6.45) is 0. The van der Waals surface area contributed by atoms with Crippen LogP contribution in [0.3, 0.4) is 0 Å². The van der Waals surface area contributed by atoms with Crippen LogP contribution in [0.25, 0.3) is 0 Å². The smallest absolute Gasteiger partial charge is 0.255 e. The minimum atomic E-state index is 0.292. The second-order valence-corrected chi connectivity index (χ2v) is 5.86. The van der Waals surface area contributed by atoms with E-state index in [9.17, 15) is 0 Å². The summed E-state index contributed by atoms with van der Waals surface area (Å²) in [5.74, 6) is 1.09. The van der Waals surface area contributed by atoms with E-state index in [0.717, 1.165) is 22.6 Å².